The summed E-state index contributed by atoms with van der Waals surface area (Å²) in [6, 6.07) is 13.9. The van der Waals surface area contributed by atoms with Crippen molar-refractivity contribution in [3.05, 3.63) is 82.6 Å². The van der Waals surface area contributed by atoms with Crippen LogP contribution in [0.15, 0.2) is 48.7 Å². The van der Waals surface area contributed by atoms with Gasteiger partial charge in [0.2, 0.25) is 11.1 Å². The molecule has 3 nitrogen and oxygen atoms in total. The van der Waals surface area contributed by atoms with E-state index in [0.29, 0.717) is 6.42 Å². The molecule has 0 saturated carbocycles. The molecule has 4 heteroatoms. The lowest BCUT2D eigenvalue weighted by Crippen LogP contribution is -2.29. The molecule has 0 unspecified atom stereocenters. The average molecular weight is 435 g/mol. The van der Waals surface area contributed by atoms with Gasteiger partial charge < -0.3 is 9.25 Å². The van der Waals surface area contributed by atoms with Gasteiger partial charge in [-0.1, -0.05) is 6.07 Å². The van der Waals surface area contributed by atoms with Gasteiger partial charge in [-0.15, -0.1) is 0 Å². The summed E-state index contributed by atoms with van der Waals surface area (Å²) in [7, 11) is 2.10. The molecule has 33 heavy (non-hydrogen) atoms. The molecule has 0 aliphatic rings. The van der Waals surface area contributed by atoms with Crippen LogP contribution < -0.4 is 4.57 Å². The fourth-order valence-corrected chi connectivity index (χ4v) is 5.58. The summed E-state index contributed by atoms with van der Waals surface area (Å²) in [5.41, 5.74) is 7.57. The van der Waals surface area contributed by atoms with Crippen molar-refractivity contribution in [3.63, 3.8) is 0 Å². The highest BCUT2D eigenvalue weighted by molar-refractivity contribution is 6.26. The lowest BCUT2D eigenvalue weighted by molar-refractivity contribution is -0.643. The van der Waals surface area contributed by atoms with Crippen molar-refractivity contribution in [1.82, 2.24) is 4.40 Å². The minimum atomic E-state index is -0.472. The Bertz CT molecular complexity index is 1820. The first-order valence-corrected chi connectivity index (χ1v) is 11.3. The SMILES string of the molecule is [C-]#[N+]C(C)(C)Cc1cc2cc[n+](C)c3c4c(C)c(C)cc5c6cc(F)ccc6n(c(c1)c23)c54. The third kappa shape index (κ3) is 2.63. The lowest BCUT2D eigenvalue weighted by atomic mass is 9.92. The molecule has 0 bridgehead atoms. The Labute approximate surface area is 191 Å². The van der Waals surface area contributed by atoms with Crippen LogP contribution in [0.5, 0.6) is 0 Å². The third-order valence-corrected chi connectivity index (χ3v) is 7.22. The van der Waals surface area contributed by atoms with Crippen LogP contribution in [0, 0.1) is 26.2 Å². The Hall–Kier alpha value is -3.71. The highest BCUT2D eigenvalue weighted by Crippen LogP contribution is 2.42. The van der Waals surface area contributed by atoms with Crippen molar-refractivity contribution >= 4 is 49.0 Å². The van der Waals surface area contributed by atoms with E-state index >= 15 is 0 Å². The van der Waals surface area contributed by atoms with Crippen molar-refractivity contribution in [2.24, 2.45) is 7.05 Å². The van der Waals surface area contributed by atoms with E-state index < -0.39 is 5.54 Å². The van der Waals surface area contributed by atoms with Crippen LogP contribution in [-0.2, 0) is 13.5 Å². The van der Waals surface area contributed by atoms with E-state index in [1.807, 2.05) is 19.9 Å². The van der Waals surface area contributed by atoms with Crippen LogP contribution in [0.1, 0.15) is 30.5 Å². The molecule has 3 heterocycles. The van der Waals surface area contributed by atoms with Gasteiger partial charge in [-0.2, -0.15) is 0 Å². The van der Waals surface area contributed by atoms with Gasteiger partial charge in [0.15, 0.2) is 6.20 Å². The highest BCUT2D eigenvalue weighted by Gasteiger charge is 2.27. The predicted molar refractivity (Wildman–Crippen MR) is 134 cm³/mol. The third-order valence-electron chi connectivity index (χ3n) is 7.22. The Balaban J connectivity index is 1.96. The van der Waals surface area contributed by atoms with Crippen LogP contribution in [-0.4, -0.2) is 9.94 Å². The van der Waals surface area contributed by atoms with Gasteiger partial charge in [-0.05, 0) is 66.3 Å². The lowest BCUT2D eigenvalue weighted by Gasteiger charge is -2.16. The van der Waals surface area contributed by atoms with Crippen molar-refractivity contribution in [1.29, 1.82) is 0 Å². The molecule has 3 aromatic heterocycles. The van der Waals surface area contributed by atoms with Crippen molar-refractivity contribution in [3.8, 4) is 0 Å². The van der Waals surface area contributed by atoms with Gasteiger partial charge in [-0.3, -0.25) is 0 Å². The quantitative estimate of drug-likeness (QED) is 0.123. The molecular weight excluding hydrogens is 409 g/mol. The van der Waals surface area contributed by atoms with E-state index in [1.54, 1.807) is 12.1 Å². The number of hydrogen-bond donors (Lipinski definition) is 0. The summed E-state index contributed by atoms with van der Waals surface area (Å²) < 4.78 is 18.9. The molecule has 0 aliphatic heterocycles. The maximum atomic E-state index is 14.4. The van der Waals surface area contributed by atoms with Crippen LogP contribution in [0.4, 0.5) is 4.39 Å². The van der Waals surface area contributed by atoms with E-state index in [9.17, 15) is 4.39 Å². The van der Waals surface area contributed by atoms with Gasteiger partial charge in [0.05, 0.1) is 33.7 Å². The number of nitrogens with zero attached hydrogens (tertiary/aromatic N) is 3. The van der Waals surface area contributed by atoms with Gasteiger partial charge in [0.25, 0.3) is 0 Å². The van der Waals surface area contributed by atoms with Gasteiger partial charge in [0, 0.05) is 30.7 Å². The number of benzene rings is 3. The number of halogens is 1. The number of pyridine rings is 2. The summed E-state index contributed by atoms with van der Waals surface area (Å²) in [4.78, 5) is 3.84. The zero-order valence-electron chi connectivity index (χ0n) is 19.5. The van der Waals surface area contributed by atoms with Crippen LogP contribution in [0.25, 0.3) is 53.8 Å². The fraction of sp³-hybridized carbons (Fsp3) is 0.241. The monoisotopic (exact) mass is 434 g/mol. The molecule has 6 rings (SSSR count). The molecule has 0 radical (unpaired) electrons. The standard InChI is InChI=1S/C29H25FN3/c1-16-11-22-21-14-20(30)7-8-23(21)33-24-13-18(15-29(3,4)31-5)12-19-9-10-32(6)28(26(19)24)25(17(16)2)27(22)33/h7-14H,15H2,1-4,6H3/q+1. The van der Waals surface area contributed by atoms with Crippen molar-refractivity contribution in [2.75, 3.05) is 0 Å². The number of aryl methyl sites for hydroxylation is 3. The Morgan fingerprint density at radius 2 is 1.79 bits per heavy atom. The van der Waals surface area contributed by atoms with Gasteiger partial charge >= 0.3 is 0 Å². The van der Waals surface area contributed by atoms with Gasteiger partial charge in [-0.25, -0.2) is 15.5 Å². The van der Waals surface area contributed by atoms with Crippen molar-refractivity contribution in [2.45, 2.75) is 39.7 Å². The van der Waals surface area contributed by atoms with E-state index in [4.69, 9.17) is 6.57 Å². The second kappa shape index (κ2) is 6.42. The summed E-state index contributed by atoms with van der Waals surface area (Å²) in [5, 5.41) is 5.60. The summed E-state index contributed by atoms with van der Waals surface area (Å²) in [5.74, 6) is -0.221. The molecule has 0 amide bonds. The maximum absolute atomic E-state index is 14.4. The Morgan fingerprint density at radius 3 is 2.55 bits per heavy atom. The first-order chi connectivity index (χ1) is 15.7. The summed E-state index contributed by atoms with van der Waals surface area (Å²) in [6.07, 6.45) is 2.80. The molecule has 6 aromatic rings. The zero-order valence-corrected chi connectivity index (χ0v) is 19.5. The molecule has 0 spiro atoms. The van der Waals surface area contributed by atoms with Crippen LogP contribution >= 0.6 is 0 Å². The average Bonchev–Trinajstić information content (AvgIpc) is 3.08. The Kier molecular flexibility index (Phi) is 3.88. The number of rotatable bonds is 2. The second-order valence-electron chi connectivity index (χ2n) is 10.0. The molecule has 0 saturated heterocycles. The molecular formula is C29H25FN3+. The normalized spacial score (nSPS) is 12.6. The molecule has 0 N–H and O–H groups in total. The topological polar surface area (TPSA) is 12.7 Å². The number of hydrogen-bond acceptors (Lipinski definition) is 0. The minimum Gasteiger partial charge on any atom is -0.311 e. The molecule has 162 valence electrons. The van der Waals surface area contributed by atoms with Crippen LogP contribution in [0.3, 0.4) is 0 Å². The van der Waals surface area contributed by atoms with E-state index in [1.165, 1.54) is 32.8 Å². The number of fused-ring (bicyclic) bond motifs is 5. The second-order valence-corrected chi connectivity index (χ2v) is 10.0. The van der Waals surface area contributed by atoms with E-state index in [-0.39, 0.29) is 5.82 Å². The zero-order chi connectivity index (χ0) is 23.2. The predicted octanol–water partition coefficient (Wildman–Crippen LogP) is 6.81. The Morgan fingerprint density at radius 1 is 1.00 bits per heavy atom. The summed E-state index contributed by atoms with van der Waals surface area (Å²) in [6.45, 7) is 15.9. The largest absolute Gasteiger partial charge is 0.311 e. The van der Waals surface area contributed by atoms with Crippen LogP contribution in [0.2, 0.25) is 0 Å². The summed E-state index contributed by atoms with van der Waals surface area (Å²) >= 11 is 0. The van der Waals surface area contributed by atoms with E-state index in [2.05, 4.69) is 65.2 Å². The molecule has 0 atom stereocenters. The molecule has 0 aliphatic carbocycles. The van der Waals surface area contributed by atoms with Crippen molar-refractivity contribution < 1.29 is 8.96 Å². The van der Waals surface area contributed by atoms with Gasteiger partial charge in [0.1, 0.15) is 12.9 Å². The number of aromatic nitrogens is 2. The smallest absolute Gasteiger partial charge is 0.231 e. The maximum Gasteiger partial charge on any atom is 0.231 e. The minimum absolute atomic E-state index is 0.221. The first-order valence-electron chi connectivity index (χ1n) is 11.3. The molecule has 3 aromatic carbocycles. The van der Waals surface area contributed by atoms with E-state index in [0.717, 1.165) is 32.9 Å². The highest BCUT2D eigenvalue weighted by atomic mass is 19.1. The fourth-order valence-electron chi connectivity index (χ4n) is 5.58. The molecule has 0 fully saturated rings. The first kappa shape index (κ1) is 19.9.